The summed E-state index contributed by atoms with van der Waals surface area (Å²) in [5.41, 5.74) is 6.90. The lowest BCUT2D eigenvalue weighted by atomic mass is 9.91. The molecule has 0 saturated carbocycles. The molecule has 0 aliphatic rings. The molecule has 2 N–H and O–H groups in total. The Kier molecular flexibility index (Phi) is 3.90. The maximum Gasteiger partial charge on any atom is 0.416 e. The van der Waals surface area contributed by atoms with Gasteiger partial charge in [-0.3, -0.25) is 0 Å². The minimum atomic E-state index is -4.30. The average molecular weight is 265 g/mol. The molecule has 0 radical (unpaired) electrons. The SMILES string of the molecule is NC[C@H](c1ccccc1)c1ccc(C(F)(F)F)cc1. The van der Waals surface area contributed by atoms with Gasteiger partial charge in [0.05, 0.1) is 5.56 Å². The van der Waals surface area contributed by atoms with Crippen LogP contribution in [-0.4, -0.2) is 6.54 Å². The molecule has 1 nitrogen and oxygen atoms in total. The molecule has 19 heavy (non-hydrogen) atoms. The van der Waals surface area contributed by atoms with E-state index in [2.05, 4.69) is 0 Å². The molecular weight excluding hydrogens is 251 g/mol. The Labute approximate surface area is 109 Å². The molecule has 0 heterocycles. The Bertz CT molecular complexity index is 517. The van der Waals surface area contributed by atoms with Crippen molar-refractivity contribution in [3.05, 3.63) is 71.3 Å². The smallest absolute Gasteiger partial charge is 0.330 e. The summed E-state index contributed by atoms with van der Waals surface area (Å²) in [7, 11) is 0. The zero-order chi connectivity index (χ0) is 13.9. The summed E-state index contributed by atoms with van der Waals surface area (Å²) < 4.78 is 37.5. The molecule has 0 fully saturated rings. The summed E-state index contributed by atoms with van der Waals surface area (Å²) in [6, 6.07) is 14.7. The monoisotopic (exact) mass is 265 g/mol. The van der Waals surface area contributed by atoms with E-state index in [0.29, 0.717) is 6.54 Å². The van der Waals surface area contributed by atoms with Gasteiger partial charge in [-0.2, -0.15) is 13.2 Å². The van der Waals surface area contributed by atoms with Crippen LogP contribution in [0.15, 0.2) is 54.6 Å². The first-order chi connectivity index (χ1) is 9.02. The molecule has 0 aliphatic carbocycles. The normalized spacial score (nSPS) is 13.3. The first-order valence-electron chi connectivity index (χ1n) is 5.94. The molecule has 2 rings (SSSR count). The second kappa shape index (κ2) is 5.45. The number of hydrogen-bond donors (Lipinski definition) is 1. The predicted molar refractivity (Wildman–Crippen MR) is 68.8 cm³/mol. The van der Waals surface area contributed by atoms with E-state index in [-0.39, 0.29) is 5.92 Å². The van der Waals surface area contributed by atoms with Crippen LogP contribution in [0.25, 0.3) is 0 Å². The molecule has 0 amide bonds. The fourth-order valence-corrected chi connectivity index (χ4v) is 2.05. The van der Waals surface area contributed by atoms with E-state index < -0.39 is 11.7 Å². The first-order valence-corrected chi connectivity index (χ1v) is 5.94. The highest BCUT2D eigenvalue weighted by molar-refractivity contribution is 5.35. The Morgan fingerprint density at radius 3 is 1.84 bits per heavy atom. The summed E-state index contributed by atoms with van der Waals surface area (Å²) in [5.74, 6) is -0.0801. The van der Waals surface area contributed by atoms with Crippen molar-refractivity contribution in [3.63, 3.8) is 0 Å². The van der Waals surface area contributed by atoms with Crippen LogP contribution in [0.1, 0.15) is 22.6 Å². The highest BCUT2D eigenvalue weighted by atomic mass is 19.4. The maximum atomic E-state index is 12.5. The average Bonchev–Trinajstić information content (AvgIpc) is 2.40. The maximum absolute atomic E-state index is 12.5. The van der Waals surface area contributed by atoms with Gasteiger partial charge < -0.3 is 5.73 Å². The van der Waals surface area contributed by atoms with Gasteiger partial charge in [-0.1, -0.05) is 42.5 Å². The van der Waals surface area contributed by atoms with E-state index >= 15 is 0 Å². The highest BCUT2D eigenvalue weighted by Crippen LogP contribution is 2.31. The molecule has 2 aromatic carbocycles. The molecule has 0 spiro atoms. The van der Waals surface area contributed by atoms with Gasteiger partial charge in [0.15, 0.2) is 0 Å². The molecule has 4 heteroatoms. The van der Waals surface area contributed by atoms with Crippen molar-refractivity contribution < 1.29 is 13.2 Å². The standard InChI is InChI=1S/C15H14F3N/c16-15(17,18)13-8-6-12(7-9-13)14(10-19)11-4-2-1-3-5-11/h1-9,14H,10,19H2/t14-/m1/s1. The predicted octanol–water partition coefficient (Wildman–Crippen LogP) is 3.80. The van der Waals surface area contributed by atoms with Crippen molar-refractivity contribution in [1.29, 1.82) is 0 Å². The molecule has 0 unspecified atom stereocenters. The summed E-state index contributed by atoms with van der Waals surface area (Å²) in [6.07, 6.45) is -4.30. The second-order valence-electron chi connectivity index (χ2n) is 4.32. The summed E-state index contributed by atoms with van der Waals surface area (Å²) in [4.78, 5) is 0. The van der Waals surface area contributed by atoms with E-state index in [1.165, 1.54) is 12.1 Å². The fourth-order valence-electron chi connectivity index (χ4n) is 2.05. The van der Waals surface area contributed by atoms with Gasteiger partial charge >= 0.3 is 6.18 Å². The summed E-state index contributed by atoms with van der Waals surface area (Å²) >= 11 is 0. The molecule has 0 saturated heterocycles. The topological polar surface area (TPSA) is 26.0 Å². The molecule has 0 bridgehead atoms. The molecule has 1 atom stereocenters. The minimum absolute atomic E-state index is 0.0801. The number of benzene rings is 2. The van der Waals surface area contributed by atoms with Crippen LogP contribution in [0.4, 0.5) is 13.2 Å². The van der Waals surface area contributed by atoms with Crippen LogP contribution >= 0.6 is 0 Å². The van der Waals surface area contributed by atoms with E-state index in [1.54, 1.807) is 0 Å². The number of hydrogen-bond acceptors (Lipinski definition) is 1. The van der Waals surface area contributed by atoms with Gasteiger partial charge in [0, 0.05) is 12.5 Å². The molecule has 0 aromatic heterocycles. The van der Waals surface area contributed by atoms with Crippen molar-refractivity contribution in [1.82, 2.24) is 0 Å². The lowest BCUT2D eigenvalue weighted by Crippen LogP contribution is -2.14. The van der Waals surface area contributed by atoms with Crippen molar-refractivity contribution in [2.75, 3.05) is 6.54 Å². The van der Waals surface area contributed by atoms with E-state index in [9.17, 15) is 13.2 Å². The van der Waals surface area contributed by atoms with Crippen molar-refractivity contribution in [3.8, 4) is 0 Å². The van der Waals surface area contributed by atoms with Crippen molar-refractivity contribution >= 4 is 0 Å². The third-order valence-corrected chi connectivity index (χ3v) is 3.08. The van der Waals surface area contributed by atoms with E-state index in [4.69, 9.17) is 5.73 Å². The van der Waals surface area contributed by atoms with Gasteiger partial charge in [-0.25, -0.2) is 0 Å². The molecular formula is C15H14F3N. The first kappa shape index (κ1) is 13.6. The lowest BCUT2D eigenvalue weighted by Gasteiger charge is -2.16. The summed E-state index contributed by atoms with van der Waals surface area (Å²) in [6.45, 7) is 0.357. The number of alkyl halides is 3. The Morgan fingerprint density at radius 1 is 0.842 bits per heavy atom. The molecule has 2 aromatic rings. The minimum Gasteiger partial charge on any atom is -0.330 e. The zero-order valence-electron chi connectivity index (χ0n) is 10.2. The number of rotatable bonds is 3. The van der Waals surface area contributed by atoms with Crippen LogP contribution in [0.5, 0.6) is 0 Å². The third kappa shape index (κ3) is 3.15. The summed E-state index contributed by atoms with van der Waals surface area (Å²) in [5, 5.41) is 0. The fraction of sp³-hybridized carbons (Fsp3) is 0.200. The number of nitrogens with two attached hydrogens (primary N) is 1. The largest absolute Gasteiger partial charge is 0.416 e. The van der Waals surface area contributed by atoms with Gasteiger partial charge in [-0.15, -0.1) is 0 Å². The lowest BCUT2D eigenvalue weighted by molar-refractivity contribution is -0.137. The van der Waals surface area contributed by atoms with Gasteiger partial charge in [-0.05, 0) is 23.3 Å². The molecule has 0 aliphatic heterocycles. The Balaban J connectivity index is 2.30. The third-order valence-electron chi connectivity index (χ3n) is 3.08. The van der Waals surface area contributed by atoms with Crippen LogP contribution < -0.4 is 5.73 Å². The quantitative estimate of drug-likeness (QED) is 0.897. The molecule has 100 valence electrons. The second-order valence-corrected chi connectivity index (χ2v) is 4.32. The highest BCUT2D eigenvalue weighted by Gasteiger charge is 2.30. The van der Waals surface area contributed by atoms with Gasteiger partial charge in [0.2, 0.25) is 0 Å². The zero-order valence-corrected chi connectivity index (χ0v) is 10.2. The van der Waals surface area contributed by atoms with Crippen LogP contribution in [0.2, 0.25) is 0 Å². The van der Waals surface area contributed by atoms with E-state index in [0.717, 1.165) is 23.3 Å². The van der Waals surface area contributed by atoms with Gasteiger partial charge in [0.1, 0.15) is 0 Å². The Morgan fingerprint density at radius 2 is 1.37 bits per heavy atom. The number of halogens is 3. The Hall–Kier alpha value is -1.81. The van der Waals surface area contributed by atoms with Crippen LogP contribution in [0.3, 0.4) is 0 Å². The van der Waals surface area contributed by atoms with E-state index in [1.807, 2.05) is 30.3 Å². The van der Waals surface area contributed by atoms with Crippen molar-refractivity contribution in [2.45, 2.75) is 12.1 Å². The van der Waals surface area contributed by atoms with Crippen LogP contribution in [0, 0.1) is 0 Å². The van der Waals surface area contributed by atoms with Crippen molar-refractivity contribution in [2.24, 2.45) is 5.73 Å². The van der Waals surface area contributed by atoms with Gasteiger partial charge in [0.25, 0.3) is 0 Å². The van der Waals surface area contributed by atoms with Crippen LogP contribution in [-0.2, 0) is 6.18 Å².